The van der Waals surface area contributed by atoms with E-state index in [2.05, 4.69) is 34.1 Å². The number of pyridine rings is 1. The van der Waals surface area contributed by atoms with E-state index in [4.69, 9.17) is 19.3 Å². The minimum absolute atomic E-state index is 0.0962. The molecule has 27 heavy (non-hydrogen) atoms. The van der Waals surface area contributed by atoms with Crippen molar-refractivity contribution in [3.63, 3.8) is 0 Å². The smallest absolute Gasteiger partial charge is 0.484 e. The van der Waals surface area contributed by atoms with Gasteiger partial charge in [0.25, 0.3) is 5.88 Å². The molecule has 3 heterocycles. The minimum Gasteiger partial charge on any atom is -0.484 e. The highest BCUT2D eigenvalue weighted by molar-refractivity contribution is 5.57. The summed E-state index contributed by atoms with van der Waals surface area (Å²) in [6.45, 7) is 3.12. The fourth-order valence-corrected chi connectivity index (χ4v) is 4.15. The standard InChI is InChI=1S/C20H20N2O5/c23-20(24)27-18-14-9-22(10-15(14)18)8-12-3-5-13(6-4-12)17-11-25-16-2-1-7-21-19(16)26-17/h1-7,14-15,17-18H,8-11H2,(H,23,24)/t14-,15+,17-,18?/m1/s1. The monoisotopic (exact) mass is 368 g/mol. The molecule has 5 rings (SSSR count). The average molecular weight is 368 g/mol. The van der Waals surface area contributed by atoms with Crippen LogP contribution in [0.25, 0.3) is 0 Å². The van der Waals surface area contributed by atoms with Crippen LogP contribution in [0.3, 0.4) is 0 Å². The van der Waals surface area contributed by atoms with Gasteiger partial charge in [0.2, 0.25) is 0 Å². The number of likely N-dealkylation sites (tertiary alicyclic amines) is 1. The quantitative estimate of drug-likeness (QED) is 0.831. The van der Waals surface area contributed by atoms with Crippen molar-refractivity contribution in [1.29, 1.82) is 0 Å². The molecule has 1 aliphatic carbocycles. The van der Waals surface area contributed by atoms with Gasteiger partial charge in [0, 0.05) is 37.7 Å². The molecule has 1 saturated carbocycles. The highest BCUT2D eigenvalue weighted by Gasteiger charge is 2.58. The maximum atomic E-state index is 10.6. The van der Waals surface area contributed by atoms with Gasteiger partial charge in [-0.25, -0.2) is 9.78 Å². The van der Waals surface area contributed by atoms with Crippen LogP contribution in [0.2, 0.25) is 0 Å². The van der Waals surface area contributed by atoms with E-state index in [0.717, 1.165) is 25.2 Å². The number of hydrogen-bond acceptors (Lipinski definition) is 6. The molecule has 1 aromatic carbocycles. The molecule has 1 unspecified atom stereocenters. The van der Waals surface area contributed by atoms with E-state index >= 15 is 0 Å². The highest BCUT2D eigenvalue weighted by atomic mass is 16.7. The number of carboxylic acid groups (broad SMARTS) is 1. The Kier molecular flexibility index (Phi) is 3.89. The summed E-state index contributed by atoms with van der Waals surface area (Å²) in [7, 11) is 0. The van der Waals surface area contributed by atoms with Crippen molar-refractivity contribution < 1.29 is 24.1 Å². The predicted molar refractivity (Wildman–Crippen MR) is 94.7 cm³/mol. The summed E-state index contributed by atoms with van der Waals surface area (Å²) < 4.78 is 16.6. The molecule has 1 N–H and O–H groups in total. The van der Waals surface area contributed by atoms with Crippen molar-refractivity contribution in [1.82, 2.24) is 9.88 Å². The van der Waals surface area contributed by atoms with Gasteiger partial charge in [-0.3, -0.25) is 4.90 Å². The first kappa shape index (κ1) is 16.4. The molecule has 1 saturated heterocycles. The van der Waals surface area contributed by atoms with E-state index in [1.165, 1.54) is 5.56 Å². The van der Waals surface area contributed by atoms with Gasteiger partial charge in [-0.15, -0.1) is 0 Å². The number of hydrogen-bond donors (Lipinski definition) is 1. The van der Waals surface area contributed by atoms with Gasteiger partial charge in [-0.05, 0) is 23.3 Å². The van der Waals surface area contributed by atoms with Crippen LogP contribution in [0.4, 0.5) is 4.79 Å². The molecule has 2 fully saturated rings. The number of aromatic nitrogens is 1. The van der Waals surface area contributed by atoms with Crippen molar-refractivity contribution in [3.8, 4) is 11.6 Å². The topological polar surface area (TPSA) is 81.1 Å². The Morgan fingerprint density at radius 1 is 1.22 bits per heavy atom. The van der Waals surface area contributed by atoms with Crippen molar-refractivity contribution in [2.45, 2.75) is 18.8 Å². The molecule has 0 bridgehead atoms. The summed E-state index contributed by atoms with van der Waals surface area (Å²) >= 11 is 0. The number of piperidine rings is 1. The van der Waals surface area contributed by atoms with E-state index in [1.54, 1.807) is 6.20 Å². The fourth-order valence-electron chi connectivity index (χ4n) is 4.15. The van der Waals surface area contributed by atoms with Crippen LogP contribution in [0, 0.1) is 11.8 Å². The Labute approximate surface area is 156 Å². The second-order valence-electron chi connectivity index (χ2n) is 7.34. The fraction of sp³-hybridized carbons (Fsp3) is 0.400. The van der Waals surface area contributed by atoms with Gasteiger partial charge >= 0.3 is 6.16 Å². The zero-order chi connectivity index (χ0) is 18.4. The molecule has 0 spiro atoms. The van der Waals surface area contributed by atoms with Crippen molar-refractivity contribution >= 4 is 6.16 Å². The molecule has 1 aromatic heterocycles. The summed E-state index contributed by atoms with van der Waals surface area (Å²) in [5.41, 5.74) is 2.29. The summed E-state index contributed by atoms with van der Waals surface area (Å²) in [4.78, 5) is 17.2. The van der Waals surface area contributed by atoms with E-state index < -0.39 is 6.16 Å². The third kappa shape index (κ3) is 3.19. The van der Waals surface area contributed by atoms with Crippen molar-refractivity contribution in [3.05, 3.63) is 53.7 Å². The molecule has 140 valence electrons. The Bertz CT molecular complexity index is 844. The molecule has 4 atom stereocenters. The lowest BCUT2D eigenvalue weighted by atomic mass is 10.1. The number of benzene rings is 1. The van der Waals surface area contributed by atoms with Crippen LogP contribution in [-0.2, 0) is 11.3 Å². The van der Waals surface area contributed by atoms with Crippen LogP contribution < -0.4 is 9.47 Å². The lowest BCUT2D eigenvalue weighted by Gasteiger charge is -2.26. The van der Waals surface area contributed by atoms with Crippen LogP contribution in [0.15, 0.2) is 42.6 Å². The summed E-state index contributed by atoms with van der Waals surface area (Å²) in [5.74, 6) is 1.94. The molecular formula is C20H20N2O5. The second kappa shape index (κ2) is 6.42. The van der Waals surface area contributed by atoms with Crippen LogP contribution in [0.5, 0.6) is 11.6 Å². The Balaban J connectivity index is 1.17. The molecule has 7 nitrogen and oxygen atoms in total. The lowest BCUT2D eigenvalue weighted by molar-refractivity contribution is 0.0673. The molecule has 3 aliphatic rings. The van der Waals surface area contributed by atoms with Crippen LogP contribution >= 0.6 is 0 Å². The number of rotatable bonds is 4. The Morgan fingerprint density at radius 2 is 2.00 bits per heavy atom. The third-order valence-corrected chi connectivity index (χ3v) is 5.57. The first-order valence-electron chi connectivity index (χ1n) is 9.12. The minimum atomic E-state index is -1.16. The van der Waals surface area contributed by atoms with Gasteiger partial charge in [0.05, 0.1) is 0 Å². The molecule has 2 aliphatic heterocycles. The molecule has 7 heteroatoms. The van der Waals surface area contributed by atoms with Gasteiger partial charge < -0.3 is 19.3 Å². The first-order chi connectivity index (χ1) is 13.2. The normalized spacial score (nSPS) is 28.4. The molecule has 0 radical (unpaired) electrons. The molecule has 2 aromatic rings. The summed E-state index contributed by atoms with van der Waals surface area (Å²) in [5, 5.41) is 8.71. The largest absolute Gasteiger partial charge is 0.506 e. The summed E-state index contributed by atoms with van der Waals surface area (Å²) in [6, 6.07) is 12.1. The SMILES string of the molecule is O=C(O)OC1[C@H]2CN(Cc3ccc([C@H]4COc5cccnc5O4)cc3)C[C@@H]12. The van der Waals surface area contributed by atoms with E-state index in [-0.39, 0.29) is 12.2 Å². The number of carbonyl (C=O) groups is 1. The number of fused-ring (bicyclic) bond motifs is 2. The van der Waals surface area contributed by atoms with Crippen LogP contribution in [0.1, 0.15) is 17.2 Å². The molecular weight excluding hydrogens is 348 g/mol. The summed E-state index contributed by atoms with van der Waals surface area (Å²) in [6.07, 6.45) is 0.277. The zero-order valence-electron chi connectivity index (χ0n) is 14.7. The van der Waals surface area contributed by atoms with E-state index in [1.807, 2.05) is 12.1 Å². The van der Waals surface area contributed by atoms with Crippen molar-refractivity contribution in [2.24, 2.45) is 11.8 Å². The third-order valence-electron chi connectivity index (χ3n) is 5.57. The number of ether oxygens (including phenoxy) is 3. The number of nitrogens with zero attached hydrogens (tertiary/aromatic N) is 2. The Morgan fingerprint density at radius 3 is 2.74 bits per heavy atom. The first-order valence-corrected chi connectivity index (χ1v) is 9.12. The Hall–Kier alpha value is -2.80. The lowest BCUT2D eigenvalue weighted by Crippen LogP contribution is -2.26. The second-order valence-corrected chi connectivity index (χ2v) is 7.34. The van der Waals surface area contributed by atoms with Crippen LogP contribution in [-0.4, -0.2) is 46.9 Å². The molecule has 0 amide bonds. The van der Waals surface area contributed by atoms with E-state index in [9.17, 15) is 4.79 Å². The predicted octanol–water partition coefficient (Wildman–Crippen LogP) is 2.72. The average Bonchev–Trinajstić information content (AvgIpc) is 3.11. The highest BCUT2D eigenvalue weighted by Crippen LogP contribution is 2.48. The van der Waals surface area contributed by atoms with Gasteiger partial charge in [-0.1, -0.05) is 24.3 Å². The van der Waals surface area contributed by atoms with Gasteiger partial charge in [0.1, 0.15) is 12.7 Å². The van der Waals surface area contributed by atoms with Crippen molar-refractivity contribution in [2.75, 3.05) is 19.7 Å². The van der Waals surface area contributed by atoms with Gasteiger partial charge in [0.15, 0.2) is 11.9 Å². The van der Waals surface area contributed by atoms with E-state index in [0.29, 0.717) is 30.1 Å². The van der Waals surface area contributed by atoms with Gasteiger partial charge in [-0.2, -0.15) is 0 Å². The maximum Gasteiger partial charge on any atom is 0.506 e. The zero-order valence-corrected chi connectivity index (χ0v) is 14.7. The maximum absolute atomic E-state index is 10.6.